The van der Waals surface area contributed by atoms with Crippen LogP contribution in [0.25, 0.3) is 0 Å². The Morgan fingerprint density at radius 1 is 1.25 bits per heavy atom. The summed E-state index contributed by atoms with van der Waals surface area (Å²) >= 11 is 0. The highest BCUT2D eigenvalue weighted by atomic mass is 16.5. The SMILES string of the molecule is Cn1ccc(=O)c(OCc2ccccc2)c1C(=O)OCC(O)CO. The van der Waals surface area contributed by atoms with Crippen LogP contribution in [0, 0.1) is 0 Å². The Kier molecular flexibility index (Phi) is 6.11. The third kappa shape index (κ3) is 4.43. The molecule has 0 bridgehead atoms. The molecule has 0 saturated carbocycles. The first-order valence-corrected chi connectivity index (χ1v) is 7.35. The topological polar surface area (TPSA) is 98.0 Å². The highest BCUT2D eigenvalue weighted by Gasteiger charge is 2.21. The number of carbonyl (C=O) groups excluding carboxylic acids is 1. The summed E-state index contributed by atoms with van der Waals surface area (Å²) < 4.78 is 11.9. The van der Waals surface area contributed by atoms with Crippen molar-refractivity contribution in [3.63, 3.8) is 0 Å². The summed E-state index contributed by atoms with van der Waals surface area (Å²) in [5.41, 5.74) is 0.348. The van der Waals surface area contributed by atoms with E-state index in [1.807, 2.05) is 30.3 Å². The molecule has 1 unspecified atom stereocenters. The molecule has 1 atom stereocenters. The first-order valence-electron chi connectivity index (χ1n) is 7.35. The van der Waals surface area contributed by atoms with E-state index in [1.165, 1.54) is 16.8 Å². The number of hydrogen-bond donors (Lipinski definition) is 2. The van der Waals surface area contributed by atoms with Crippen molar-refractivity contribution >= 4 is 5.97 Å². The fraction of sp³-hybridized carbons (Fsp3) is 0.294. The molecule has 0 amide bonds. The molecule has 0 saturated heterocycles. The summed E-state index contributed by atoms with van der Waals surface area (Å²) in [6.45, 7) is -0.783. The van der Waals surface area contributed by atoms with Gasteiger partial charge in [0.1, 0.15) is 19.3 Å². The van der Waals surface area contributed by atoms with Crippen molar-refractivity contribution in [3.8, 4) is 5.75 Å². The molecular formula is C17H19NO6. The van der Waals surface area contributed by atoms with Crippen LogP contribution in [0.5, 0.6) is 5.75 Å². The van der Waals surface area contributed by atoms with Gasteiger partial charge in [0, 0.05) is 19.3 Å². The van der Waals surface area contributed by atoms with Crippen molar-refractivity contribution in [2.75, 3.05) is 13.2 Å². The normalized spacial score (nSPS) is 11.8. The average Bonchev–Trinajstić information content (AvgIpc) is 2.60. The van der Waals surface area contributed by atoms with Gasteiger partial charge in [-0.25, -0.2) is 4.79 Å². The fourth-order valence-corrected chi connectivity index (χ4v) is 2.01. The lowest BCUT2D eigenvalue weighted by molar-refractivity contribution is 0.00819. The Morgan fingerprint density at radius 2 is 1.96 bits per heavy atom. The Labute approximate surface area is 138 Å². The lowest BCUT2D eigenvalue weighted by atomic mass is 10.2. The number of rotatable bonds is 7. The van der Waals surface area contributed by atoms with E-state index in [0.29, 0.717) is 0 Å². The highest BCUT2D eigenvalue weighted by Crippen LogP contribution is 2.16. The molecule has 7 heteroatoms. The van der Waals surface area contributed by atoms with E-state index in [1.54, 1.807) is 7.05 Å². The monoisotopic (exact) mass is 333 g/mol. The second-order valence-corrected chi connectivity index (χ2v) is 5.18. The number of nitrogens with zero attached hydrogens (tertiary/aromatic N) is 1. The molecule has 0 aliphatic rings. The van der Waals surface area contributed by atoms with Gasteiger partial charge >= 0.3 is 5.97 Å². The summed E-state index contributed by atoms with van der Waals surface area (Å²) in [6, 6.07) is 10.5. The molecule has 1 aromatic carbocycles. The van der Waals surface area contributed by atoms with Gasteiger partial charge in [-0.1, -0.05) is 30.3 Å². The number of hydrogen-bond acceptors (Lipinski definition) is 6. The summed E-state index contributed by atoms with van der Waals surface area (Å²) in [5, 5.41) is 18.0. The van der Waals surface area contributed by atoms with Crippen LogP contribution >= 0.6 is 0 Å². The van der Waals surface area contributed by atoms with Gasteiger partial charge < -0.3 is 24.3 Å². The molecule has 1 heterocycles. The fourth-order valence-electron chi connectivity index (χ4n) is 2.01. The van der Waals surface area contributed by atoms with Crippen LogP contribution in [-0.2, 0) is 18.4 Å². The van der Waals surface area contributed by atoms with Gasteiger partial charge in [-0.05, 0) is 5.56 Å². The maximum atomic E-state index is 12.2. The molecule has 7 nitrogen and oxygen atoms in total. The minimum Gasteiger partial charge on any atom is -0.482 e. The number of aromatic nitrogens is 1. The second kappa shape index (κ2) is 8.28. The van der Waals surface area contributed by atoms with Crippen LogP contribution in [-0.4, -0.2) is 40.1 Å². The predicted octanol–water partition coefficient (Wildman–Crippen LogP) is 0.474. The van der Waals surface area contributed by atoms with E-state index < -0.39 is 24.1 Å². The lowest BCUT2D eigenvalue weighted by Crippen LogP contribution is -2.25. The van der Waals surface area contributed by atoms with Gasteiger partial charge in [0.25, 0.3) is 0 Å². The Balaban J connectivity index is 2.22. The van der Waals surface area contributed by atoms with E-state index in [-0.39, 0.29) is 24.7 Å². The van der Waals surface area contributed by atoms with Crippen molar-refractivity contribution in [1.29, 1.82) is 0 Å². The minimum absolute atomic E-state index is 0.0522. The van der Waals surface area contributed by atoms with Crippen molar-refractivity contribution in [2.24, 2.45) is 7.05 Å². The van der Waals surface area contributed by atoms with Crippen LogP contribution in [0.2, 0.25) is 0 Å². The molecule has 0 spiro atoms. The smallest absolute Gasteiger partial charge is 0.359 e. The van der Waals surface area contributed by atoms with E-state index in [4.69, 9.17) is 14.6 Å². The molecule has 0 aliphatic heterocycles. The Morgan fingerprint density at radius 3 is 2.62 bits per heavy atom. The van der Waals surface area contributed by atoms with Crippen molar-refractivity contribution in [1.82, 2.24) is 4.57 Å². The summed E-state index contributed by atoms with van der Waals surface area (Å²) in [4.78, 5) is 24.3. The van der Waals surface area contributed by atoms with E-state index in [9.17, 15) is 14.7 Å². The summed E-state index contributed by atoms with van der Waals surface area (Å²) in [5.74, 6) is -0.932. The molecule has 2 aromatic rings. The maximum Gasteiger partial charge on any atom is 0.359 e. The zero-order chi connectivity index (χ0) is 17.5. The standard InChI is InChI=1S/C17H19NO6/c1-18-8-7-14(21)16(23-10-12-5-3-2-4-6-12)15(18)17(22)24-11-13(20)9-19/h2-8,13,19-20H,9-11H2,1H3. The Hall–Kier alpha value is -2.64. The molecular weight excluding hydrogens is 314 g/mol. The number of aliphatic hydroxyl groups excluding tert-OH is 2. The minimum atomic E-state index is -1.18. The van der Waals surface area contributed by atoms with E-state index >= 15 is 0 Å². The molecule has 2 rings (SSSR count). The number of pyridine rings is 1. The van der Waals surface area contributed by atoms with Crippen LogP contribution in [0.3, 0.4) is 0 Å². The largest absolute Gasteiger partial charge is 0.482 e. The van der Waals surface area contributed by atoms with Gasteiger partial charge in [0.05, 0.1) is 6.61 Å². The predicted molar refractivity (Wildman–Crippen MR) is 85.8 cm³/mol. The Bertz CT molecular complexity index is 740. The number of benzene rings is 1. The van der Waals surface area contributed by atoms with Gasteiger partial charge in [0.15, 0.2) is 11.4 Å². The van der Waals surface area contributed by atoms with Gasteiger partial charge in [-0.2, -0.15) is 0 Å². The molecule has 0 fully saturated rings. The highest BCUT2D eigenvalue weighted by molar-refractivity contribution is 5.90. The third-order valence-electron chi connectivity index (χ3n) is 3.28. The quantitative estimate of drug-likeness (QED) is 0.715. The third-order valence-corrected chi connectivity index (χ3v) is 3.28. The first-order chi connectivity index (χ1) is 11.5. The van der Waals surface area contributed by atoms with Crippen molar-refractivity contribution in [2.45, 2.75) is 12.7 Å². The number of aryl methyl sites for hydroxylation is 1. The first kappa shape index (κ1) is 17.7. The molecule has 0 radical (unpaired) electrons. The molecule has 128 valence electrons. The zero-order valence-corrected chi connectivity index (χ0v) is 13.2. The van der Waals surface area contributed by atoms with Gasteiger partial charge in [0.2, 0.25) is 5.43 Å². The molecule has 0 aliphatic carbocycles. The number of carbonyl (C=O) groups is 1. The van der Waals surface area contributed by atoms with Crippen LogP contribution in [0.4, 0.5) is 0 Å². The average molecular weight is 333 g/mol. The lowest BCUT2D eigenvalue weighted by Gasteiger charge is -2.15. The van der Waals surface area contributed by atoms with E-state index in [0.717, 1.165) is 5.56 Å². The van der Waals surface area contributed by atoms with Gasteiger partial charge in [-0.15, -0.1) is 0 Å². The number of ether oxygens (including phenoxy) is 2. The number of aliphatic hydroxyl groups is 2. The maximum absolute atomic E-state index is 12.2. The number of esters is 1. The van der Waals surface area contributed by atoms with Crippen LogP contribution in [0.1, 0.15) is 16.1 Å². The summed E-state index contributed by atoms with van der Waals surface area (Å²) in [7, 11) is 1.58. The van der Waals surface area contributed by atoms with Crippen LogP contribution in [0.15, 0.2) is 47.4 Å². The van der Waals surface area contributed by atoms with E-state index in [2.05, 4.69) is 0 Å². The molecule has 24 heavy (non-hydrogen) atoms. The zero-order valence-electron chi connectivity index (χ0n) is 13.2. The summed E-state index contributed by atoms with van der Waals surface area (Å²) in [6.07, 6.45) is 0.250. The van der Waals surface area contributed by atoms with Crippen molar-refractivity contribution in [3.05, 3.63) is 64.1 Å². The van der Waals surface area contributed by atoms with Gasteiger partial charge in [-0.3, -0.25) is 4.79 Å². The van der Waals surface area contributed by atoms with Crippen LogP contribution < -0.4 is 10.2 Å². The van der Waals surface area contributed by atoms with Crippen molar-refractivity contribution < 1.29 is 24.5 Å². The molecule has 1 aromatic heterocycles. The molecule has 2 N–H and O–H groups in total. The second-order valence-electron chi connectivity index (χ2n) is 5.18.